The van der Waals surface area contributed by atoms with Crippen LogP contribution in [0.1, 0.15) is 30.3 Å². The van der Waals surface area contributed by atoms with E-state index >= 15 is 0 Å². The molecule has 0 spiro atoms. The molecule has 8 heteroatoms. The number of aromatic nitrogens is 3. The second-order valence-electron chi connectivity index (χ2n) is 4.86. The maximum Gasteiger partial charge on any atom is 0.573 e. The van der Waals surface area contributed by atoms with Gasteiger partial charge >= 0.3 is 6.36 Å². The average molecular weight is 298 g/mol. The van der Waals surface area contributed by atoms with E-state index in [9.17, 15) is 13.2 Å². The molecule has 3 rings (SSSR count). The summed E-state index contributed by atoms with van der Waals surface area (Å²) < 4.78 is 42.5. The van der Waals surface area contributed by atoms with E-state index in [4.69, 9.17) is 5.73 Å². The molecule has 1 aliphatic rings. The SMILES string of the molecule is Nc1nc2n(n1)C(c1cccc(OC(F)(F)F)c1)CCC2. The van der Waals surface area contributed by atoms with E-state index in [1.165, 1.54) is 18.2 Å². The van der Waals surface area contributed by atoms with Gasteiger partial charge in [0.1, 0.15) is 11.6 Å². The number of halogens is 3. The monoisotopic (exact) mass is 298 g/mol. The highest BCUT2D eigenvalue weighted by Crippen LogP contribution is 2.32. The lowest BCUT2D eigenvalue weighted by Crippen LogP contribution is -2.21. The topological polar surface area (TPSA) is 66.0 Å². The molecule has 0 radical (unpaired) electrons. The average Bonchev–Trinajstić information content (AvgIpc) is 2.76. The Labute approximate surface area is 118 Å². The smallest absolute Gasteiger partial charge is 0.406 e. The molecule has 0 amide bonds. The van der Waals surface area contributed by atoms with E-state index in [-0.39, 0.29) is 17.7 Å². The van der Waals surface area contributed by atoms with Crippen LogP contribution >= 0.6 is 0 Å². The summed E-state index contributed by atoms with van der Waals surface area (Å²) in [7, 11) is 0. The van der Waals surface area contributed by atoms with E-state index in [0.717, 1.165) is 25.1 Å². The number of benzene rings is 1. The fourth-order valence-electron chi connectivity index (χ4n) is 2.60. The number of nitrogen functional groups attached to an aromatic ring is 1. The molecule has 0 saturated carbocycles. The van der Waals surface area contributed by atoms with Crippen molar-refractivity contribution in [1.29, 1.82) is 0 Å². The van der Waals surface area contributed by atoms with Crippen molar-refractivity contribution in [3.63, 3.8) is 0 Å². The van der Waals surface area contributed by atoms with Crippen LogP contribution in [0.3, 0.4) is 0 Å². The number of hydrogen-bond donors (Lipinski definition) is 1. The number of anilines is 1. The number of hydrogen-bond acceptors (Lipinski definition) is 4. The van der Waals surface area contributed by atoms with Gasteiger partial charge in [-0.05, 0) is 30.5 Å². The predicted molar refractivity (Wildman–Crippen MR) is 68.6 cm³/mol. The van der Waals surface area contributed by atoms with Crippen LogP contribution in [-0.2, 0) is 6.42 Å². The molecule has 0 fully saturated rings. The Morgan fingerprint density at radius 1 is 1.33 bits per heavy atom. The number of rotatable bonds is 2. The van der Waals surface area contributed by atoms with Gasteiger partial charge < -0.3 is 10.5 Å². The van der Waals surface area contributed by atoms with Gasteiger partial charge in [0.25, 0.3) is 0 Å². The largest absolute Gasteiger partial charge is 0.573 e. The minimum Gasteiger partial charge on any atom is -0.406 e. The van der Waals surface area contributed by atoms with E-state index in [1.54, 1.807) is 10.7 Å². The molecule has 2 N–H and O–H groups in total. The van der Waals surface area contributed by atoms with E-state index in [2.05, 4.69) is 14.8 Å². The molecule has 2 heterocycles. The molecule has 1 atom stereocenters. The lowest BCUT2D eigenvalue weighted by molar-refractivity contribution is -0.274. The molecule has 21 heavy (non-hydrogen) atoms. The second-order valence-corrected chi connectivity index (χ2v) is 4.86. The van der Waals surface area contributed by atoms with Crippen LogP contribution in [0.25, 0.3) is 0 Å². The maximum absolute atomic E-state index is 12.3. The van der Waals surface area contributed by atoms with Gasteiger partial charge in [-0.1, -0.05) is 12.1 Å². The van der Waals surface area contributed by atoms with Gasteiger partial charge in [0.05, 0.1) is 6.04 Å². The number of ether oxygens (including phenoxy) is 1. The molecule has 1 aliphatic heterocycles. The second kappa shape index (κ2) is 4.94. The van der Waals surface area contributed by atoms with Gasteiger partial charge in [0.2, 0.25) is 5.95 Å². The Morgan fingerprint density at radius 3 is 2.90 bits per heavy atom. The van der Waals surface area contributed by atoms with Crippen LogP contribution in [0.2, 0.25) is 0 Å². The molecule has 0 aliphatic carbocycles. The first-order valence-electron chi connectivity index (χ1n) is 6.49. The van der Waals surface area contributed by atoms with Crippen LogP contribution < -0.4 is 10.5 Å². The zero-order chi connectivity index (χ0) is 15.0. The Bertz CT molecular complexity index is 653. The number of alkyl halides is 3. The van der Waals surface area contributed by atoms with Crippen LogP contribution in [0.4, 0.5) is 19.1 Å². The summed E-state index contributed by atoms with van der Waals surface area (Å²) in [6, 6.07) is 5.77. The van der Waals surface area contributed by atoms with Crippen molar-refractivity contribution in [2.45, 2.75) is 31.7 Å². The predicted octanol–water partition coefficient (Wildman–Crippen LogP) is 2.68. The third-order valence-electron chi connectivity index (χ3n) is 3.37. The molecule has 0 saturated heterocycles. The fraction of sp³-hybridized carbons (Fsp3) is 0.385. The normalized spacial score (nSPS) is 18.3. The number of nitrogens with two attached hydrogens (primary N) is 1. The highest BCUT2D eigenvalue weighted by Gasteiger charge is 2.31. The first-order chi connectivity index (χ1) is 9.92. The zero-order valence-electron chi connectivity index (χ0n) is 11.0. The van der Waals surface area contributed by atoms with Gasteiger partial charge in [-0.25, -0.2) is 4.68 Å². The Hall–Kier alpha value is -2.25. The summed E-state index contributed by atoms with van der Waals surface area (Å²) >= 11 is 0. The molecule has 5 nitrogen and oxygen atoms in total. The third-order valence-corrected chi connectivity index (χ3v) is 3.37. The van der Waals surface area contributed by atoms with Crippen LogP contribution in [0, 0.1) is 0 Å². The summed E-state index contributed by atoms with van der Waals surface area (Å²) in [6.45, 7) is 0. The van der Waals surface area contributed by atoms with Crippen LogP contribution in [-0.4, -0.2) is 21.1 Å². The Morgan fingerprint density at radius 2 is 2.14 bits per heavy atom. The quantitative estimate of drug-likeness (QED) is 0.925. The highest BCUT2D eigenvalue weighted by molar-refractivity contribution is 5.32. The van der Waals surface area contributed by atoms with Crippen molar-refractivity contribution in [3.8, 4) is 5.75 Å². The van der Waals surface area contributed by atoms with E-state index < -0.39 is 6.36 Å². The van der Waals surface area contributed by atoms with Crippen molar-refractivity contribution in [2.75, 3.05) is 5.73 Å². The molecule has 1 aromatic heterocycles. The zero-order valence-corrected chi connectivity index (χ0v) is 11.0. The van der Waals surface area contributed by atoms with Gasteiger partial charge in [-0.15, -0.1) is 18.3 Å². The number of aryl methyl sites for hydroxylation is 1. The van der Waals surface area contributed by atoms with Crippen molar-refractivity contribution in [2.24, 2.45) is 0 Å². The van der Waals surface area contributed by atoms with Crippen molar-refractivity contribution in [1.82, 2.24) is 14.8 Å². The minimum atomic E-state index is -4.70. The van der Waals surface area contributed by atoms with E-state index in [0.29, 0.717) is 5.56 Å². The van der Waals surface area contributed by atoms with Gasteiger partial charge in [-0.2, -0.15) is 4.98 Å². The first-order valence-corrected chi connectivity index (χ1v) is 6.49. The lowest BCUT2D eigenvalue weighted by Gasteiger charge is -2.24. The minimum absolute atomic E-state index is 0.171. The summed E-state index contributed by atoms with van der Waals surface area (Å²) in [6.07, 6.45) is -2.29. The van der Waals surface area contributed by atoms with E-state index in [1.807, 2.05) is 0 Å². The number of nitrogens with zero attached hydrogens (tertiary/aromatic N) is 3. The summed E-state index contributed by atoms with van der Waals surface area (Å²) in [5.74, 6) is 0.700. The number of fused-ring (bicyclic) bond motifs is 1. The fourth-order valence-corrected chi connectivity index (χ4v) is 2.60. The highest BCUT2D eigenvalue weighted by atomic mass is 19.4. The van der Waals surface area contributed by atoms with Gasteiger partial charge in [0.15, 0.2) is 0 Å². The Kier molecular flexibility index (Phi) is 3.23. The molecule has 112 valence electrons. The van der Waals surface area contributed by atoms with Crippen molar-refractivity contribution < 1.29 is 17.9 Å². The summed E-state index contributed by atoms with van der Waals surface area (Å²) in [5.41, 5.74) is 6.29. The lowest BCUT2D eigenvalue weighted by atomic mass is 9.97. The molecule has 2 aromatic rings. The Balaban J connectivity index is 1.93. The molecular formula is C13H13F3N4O. The van der Waals surface area contributed by atoms with Gasteiger partial charge in [0, 0.05) is 6.42 Å². The van der Waals surface area contributed by atoms with Crippen molar-refractivity contribution in [3.05, 3.63) is 35.7 Å². The van der Waals surface area contributed by atoms with Crippen molar-refractivity contribution >= 4 is 5.95 Å². The third kappa shape index (κ3) is 2.93. The van der Waals surface area contributed by atoms with Crippen LogP contribution in [0.5, 0.6) is 5.75 Å². The standard InChI is InChI=1S/C13H13F3N4O/c14-13(15,16)21-9-4-1-3-8(7-9)10-5-2-6-11-18-12(17)19-20(10)11/h1,3-4,7,10H,2,5-6H2,(H2,17,19). The molecule has 1 unspecified atom stereocenters. The van der Waals surface area contributed by atoms with Gasteiger partial charge in [-0.3, -0.25) is 0 Å². The first kappa shape index (κ1) is 13.7. The molecular weight excluding hydrogens is 285 g/mol. The molecule has 0 bridgehead atoms. The molecule has 1 aromatic carbocycles. The summed E-state index contributed by atoms with van der Waals surface area (Å²) in [4.78, 5) is 4.13. The van der Waals surface area contributed by atoms with Crippen LogP contribution in [0.15, 0.2) is 24.3 Å². The maximum atomic E-state index is 12.3. The summed E-state index contributed by atoms with van der Waals surface area (Å²) in [5, 5.41) is 4.13.